The van der Waals surface area contributed by atoms with Crippen LogP contribution in [0.1, 0.15) is 31.2 Å². The molecule has 0 atom stereocenters. The third kappa shape index (κ3) is 3.07. The molecule has 0 aliphatic heterocycles. The topological polar surface area (TPSA) is 23.5 Å². The SMILES string of the molecule is OCc1ccc(Br)cc1N(CC1CC1)CC1CC1. The van der Waals surface area contributed by atoms with Crippen LogP contribution in [-0.2, 0) is 6.61 Å². The van der Waals surface area contributed by atoms with Crippen molar-refractivity contribution in [2.24, 2.45) is 11.8 Å². The molecule has 18 heavy (non-hydrogen) atoms. The quantitative estimate of drug-likeness (QED) is 0.868. The van der Waals surface area contributed by atoms with Gasteiger partial charge in [-0.3, -0.25) is 0 Å². The molecule has 0 aromatic heterocycles. The van der Waals surface area contributed by atoms with E-state index in [2.05, 4.69) is 26.9 Å². The Labute approximate surface area is 117 Å². The van der Waals surface area contributed by atoms with Gasteiger partial charge in [0.05, 0.1) is 6.61 Å². The Morgan fingerprint density at radius 1 is 1.11 bits per heavy atom. The van der Waals surface area contributed by atoms with Crippen LogP contribution in [-0.4, -0.2) is 18.2 Å². The van der Waals surface area contributed by atoms with E-state index in [1.54, 1.807) is 0 Å². The number of rotatable bonds is 6. The zero-order valence-corrected chi connectivity index (χ0v) is 12.2. The summed E-state index contributed by atoms with van der Waals surface area (Å²) in [5.74, 6) is 1.77. The van der Waals surface area contributed by atoms with E-state index in [9.17, 15) is 5.11 Å². The fourth-order valence-electron chi connectivity index (χ4n) is 2.46. The van der Waals surface area contributed by atoms with E-state index in [1.807, 2.05) is 12.1 Å². The zero-order chi connectivity index (χ0) is 12.5. The molecule has 0 unspecified atom stereocenters. The fraction of sp³-hybridized carbons (Fsp3) is 0.600. The fourth-order valence-corrected chi connectivity index (χ4v) is 2.81. The minimum absolute atomic E-state index is 0.133. The van der Waals surface area contributed by atoms with E-state index < -0.39 is 0 Å². The number of aliphatic hydroxyl groups excluding tert-OH is 1. The normalized spacial score (nSPS) is 19.0. The summed E-state index contributed by atoms with van der Waals surface area (Å²) in [6, 6.07) is 6.21. The first-order valence-electron chi connectivity index (χ1n) is 6.90. The molecule has 0 saturated heterocycles. The van der Waals surface area contributed by atoms with Crippen molar-refractivity contribution in [3.05, 3.63) is 28.2 Å². The van der Waals surface area contributed by atoms with Crippen LogP contribution >= 0.6 is 15.9 Å². The van der Waals surface area contributed by atoms with Crippen LogP contribution in [0.3, 0.4) is 0 Å². The van der Waals surface area contributed by atoms with Crippen LogP contribution in [0.2, 0.25) is 0 Å². The second kappa shape index (κ2) is 5.22. The minimum atomic E-state index is 0.133. The van der Waals surface area contributed by atoms with E-state index in [4.69, 9.17) is 0 Å². The second-order valence-corrected chi connectivity index (χ2v) is 6.64. The summed E-state index contributed by atoms with van der Waals surface area (Å²) in [6.07, 6.45) is 5.51. The third-order valence-corrected chi connectivity index (χ3v) is 4.40. The molecule has 0 bridgehead atoms. The van der Waals surface area contributed by atoms with Gasteiger partial charge >= 0.3 is 0 Å². The lowest BCUT2D eigenvalue weighted by Crippen LogP contribution is -2.29. The summed E-state index contributed by atoms with van der Waals surface area (Å²) in [7, 11) is 0. The monoisotopic (exact) mass is 309 g/mol. The van der Waals surface area contributed by atoms with Gasteiger partial charge < -0.3 is 10.0 Å². The van der Waals surface area contributed by atoms with Gasteiger partial charge in [0.25, 0.3) is 0 Å². The summed E-state index contributed by atoms with van der Waals surface area (Å²) < 4.78 is 1.10. The number of nitrogens with zero attached hydrogens (tertiary/aromatic N) is 1. The Morgan fingerprint density at radius 2 is 1.72 bits per heavy atom. The lowest BCUT2D eigenvalue weighted by Gasteiger charge is -2.27. The van der Waals surface area contributed by atoms with Crippen molar-refractivity contribution in [3.63, 3.8) is 0 Å². The van der Waals surface area contributed by atoms with Crippen LogP contribution in [0.25, 0.3) is 0 Å². The highest BCUT2D eigenvalue weighted by Gasteiger charge is 2.30. The lowest BCUT2D eigenvalue weighted by atomic mass is 10.1. The predicted octanol–water partition coefficient (Wildman–Crippen LogP) is 3.57. The van der Waals surface area contributed by atoms with Crippen LogP contribution in [0, 0.1) is 11.8 Å². The Morgan fingerprint density at radius 3 is 2.22 bits per heavy atom. The Balaban J connectivity index is 1.83. The molecule has 0 amide bonds. The number of aliphatic hydroxyl groups is 1. The summed E-state index contributed by atoms with van der Waals surface area (Å²) in [6.45, 7) is 2.47. The van der Waals surface area contributed by atoms with Gasteiger partial charge in [-0.25, -0.2) is 0 Å². The maximum atomic E-state index is 9.52. The molecule has 2 nitrogen and oxygen atoms in total. The molecule has 2 saturated carbocycles. The highest BCUT2D eigenvalue weighted by atomic mass is 79.9. The van der Waals surface area contributed by atoms with E-state index in [1.165, 1.54) is 44.5 Å². The third-order valence-electron chi connectivity index (χ3n) is 3.91. The average Bonchev–Trinajstić information content (AvgIpc) is 3.23. The largest absolute Gasteiger partial charge is 0.392 e. The minimum Gasteiger partial charge on any atom is -0.392 e. The van der Waals surface area contributed by atoms with E-state index in [0.29, 0.717) is 0 Å². The molecule has 0 spiro atoms. The molecule has 2 aliphatic rings. The number of hydrogen-bond donors (Lipinski definition) is 1. The highest BCUT2D eigenvalue weighted by molar-refractivity contribution is 9.10. The Bertz CT molecular complexity index is 413. The molecule has 2 fully saturated rings. The first-order valence-corrected chi connectivity index (χ1v) is 7.70. The summed E-state index contributed by atoms with van der Waals surface area (Å²) in [5, 5.41) is 9.52. The van der Waals surface area contributed by atoms with Crippen molar-refractivity contribution in [1.82, 2.24) is 0 Å². The van der Waals surface area contributed by atoms with Crippen molar-refractivity contribution >= 4 is 21.6 Å². The van der Waals surface area contributed by atoms with Crippen LogP contribution in [0.4, 0.5) is 5.69 Å². The number of benzene rings is 1. The molecule has 2 aliphatic carbocycles. The van der Waals surface area contributed by atoms with Crippen molar-refractivity contribution < 1.29 is 5.11 Å². The van der Waals surface area contributed by atoms with Crippen molar-refractivity contribution in [2.75, 3.05) is 18.0 Å². The van der Waals surface area contributed by atoms with Crippen molar-refractivity contribution in [2.45, 2.75) is 32.3 Å². The van der Waals surface area contributed by atoms with Gasteiger partial charge in [0.1, 0.15) is 0 Å². The van der Waals surface area contributed by atoms with Gasteiger partial charge in [-0.1, -0.05) is 22.0 Å². The molecular formula is C15H20BrNO. The zero-order valence-electron chi connectivity index (χ0n) is 10.6. The molecule has 3 rings (SSSR count). The van der Waals surface area contributed by atoms with Gasteiger partial charge in [-0.05, 0) is 49.7 Å². The van der Waals surface area contributed by atoms with Gasteiger partial charge in [0.15, 0.2) is 0 Å². The van der Waals surface area contributed by atoms with E-state index in [-0.39, 0.29) is 6.61 Å². The second-order valence-electron chi connectivity index (χ2n) is 5.72. The highest BCUT2D eigenvalue weighted by Crippen LogP contribution is 2.37. The molecule has 1 N–H and O–H groups in total. The molecule has 98 valence electrons. The van der Waals surface area contributed by atoms with Crippen LogP contribution < -0.4 is 4.90 Å². The smallest absolute Gasteiger partial charge is 0.0702 e. The molecule has 0 radical (unpaired) electrons. The molecular weight excluding hydrogens is 290 g/mol. The number of halogens is 1. The van der Waals surface area contributed by atoms with Gasteiger partial charge in [0.2, 0.25) is 0 Å². The maximum absolute atomic E-state index is 9.52. The lowest BCUT2D eigenvalue weighted by molar-refractivity contribution is 0.282. The summed E-state index contributed by atoms with van der Waals surface area (Å²) in [5.41, 5.74) is 2.28. The van der Waals surface area contributed by atoms with Crippen molar-refractivity contribution in [1.29, 1.82) is 0 Å². The summed E-state index contributed by atoms with van der Waals surface area (Å²) >= 11 is 3.55. The maximum Gasteiger partial charge on any atom is 0.0702 e. The average molecular weight is 310 g/mol. The first-order chi connectivity index (χ1) is 8.76. The predicted molar refractivity (Wildman–Crippen MR) is 77.7 cm³/mol. The van der Waals surface area contributed by atoms with E-state index in [0.717, 1.165) is 21.9 Å². The molecule has 1 aromatic rings. The Hall–Kier alpha value is -0.540. The number of hydrogen-bond acceptors (Lipinski definition) is 2. The molecule has 0 heterocycles. The molecule has 3 heteroatoms. The van der Waals surface area contributed by atoms with Crippen LogP contribution in [0.5, 0.6) is 0 Å². The van der Waals surface area contributed by atoms with Crippen LogP contribution in [0.15, 0.2) is 22.7 Å². The molecule has 1 aromatic carbocycles. The van der Waals surface area contributed by atoms with E-state index >= 15 is 0 Å². The van der Waals surface area contributed by atoms with Gasteiger partial charge in [-0.15, -0.1) is 0 Å². The standard InChI is InChI=1S/C15H20BrNO/c16-14-6-5-13(10-18)15(7-14)17(8-11-1-2-11)9-12-3-4-12/h5-7,11-12,18H,1-4,8-10H2. The van der Waals surface area contributed by atoms with Gasteiger partial charge in [-0.2, -0.15) is 0 Å². The number of anilines is 1. The summed E-state index contributed by atoms with van der Waals surface area (Å²) in [4.78, 5) is 2.51. The Kier molecular flexibility index (Phi) is 3.62. The van der Waals surface area contributed by atoms with Crippen molar-refractivity contribution in [3.8, 4) is 0 Å². The van der Waals surface area contributed by atoms with Gasteiger partial charge in [0, 0.05) is 28.8 Å². The first kappa shape index (κ1) is 12.5.